The predicted molar refractivity (Wildman–Crippen MR) is 92.7 cm³/mol. The zero-order chi connectivity index (χ0) is 15.8. The number of carbonyl (C=O) groups excluding carboxylic acids is 1. The van der Waals surface area contributed by atoms with Crippen LogP contribution in [0.5, 0.6) is 0 Å². The van der Waals surface area contributed by atoms with Crippen LogP contribution in [0.15, 0.2) is 23.1 Å². The maximum Gasteiger partial charge on any atom is 0.322 e. The fourth-order valence-electron chi connectivity index (χ4n) is 2.86. The minimum Gasteiger partial charge on any atom is -0.327 e. The highest BCUT2D eigenvalue weighted by atomic mass is 32.2. The lowest BCUT2D eigenvalue weighted by Gasteiger charge is -2.34. The summed E-state index contributed by atoms with van der Waals surface area (Å²) in [5.41, 5.74) is 0.0545. The molecule has 122 valence electrons. The van der Waals surface area contributed by atoms with Gasteiger partial charge in [-0.05, 0) is 30.7 Å². The summed E-state index contributed by atoms with van der Waals surface area (Å²) < 4.78 is 0. The second-order valence-corrected chi connectivity index (χ2v) is 6.92. The SMILES string of the molecule is CCSCCN(C(=O)Nc1ccc[nH]c1=O)C1CCCCC1. The zero-order valence-electron chi connectivity index (χ0n) is 13.1. The molecule has 1 aliphatic carbocycles. The van der Waals surface area contributed by atoms with Gasteiger partial charge in [0.2, 0.25) is 0 Å². The van der Waals surface area contributed by atoms with E-state index in [-0.39, 0.29) is 11.6 Å². The van der Waals surface area contributed by atoms with E-state index in [1.807, 2.05) is 16.7 Å². The summed E-state index contributed by atoms with van der Waals surface area (Å²) in [6.45, 7) is 2.86. The molecular weight excluding hydrogens is 298 g/mol. The minimum atomic E-state index is -0.262. The van der Waals surface area contributed by atoms with Gasteiger partial charge in [-0.3, -0.25) is 4.79 Å². The molecule has 5 nitrogen and oxygen atoms in total. The molecule has 0 unspecified atom stereocenters. The molecule has 1 heterocycles. The van der Waals surface area contributed by atoms with Crippen molar-refractivity contribution in [3.63, 3.8) is 0 Å². The van der Waals surface area contributed by atoms with Gasteiger partial charge in [-0.2, -0.15) is 11.8 Å². The Labute approximate surface area is 135 Å². The number of hydrogen-bond donors (Lipinski definition) is 2. The minimum absolute atomic E-state index is 0.152. The van der Waals surface area contributed by atoms with Crippen LogP contribution >= 0.6 is 11.8 Å². The van der Waals surface area contributed by atoms with E-state index in [1.54, 1.807) is 18.3 Å². The van der Waals surface area contributed by atoms with Gasteiger partial charge in [0.15, 0.2) is 0 Å². The second-order valence-electron chi connectivity index (χ2n) is 5.53. The summed E-state index contributed by atoms with van der Waals surface area (Å²) in [5, 5.41) is 2.77. The molecule has 1 fully saturated rings. The highest BCUT2D eigenvalue weighted by Crippen LogP contribution is 2.23. The number of urea groups is 1. The average Bonchev–Trinajstić information content (AvgIpc) is 2.54. The first-order valence-corrected chi connectivity index (χ1v) is 9.21. The van der Waals surface area contributed by atoms with Crippen molar-refractivity contribution in [3.8, 4) is 0 Å². The van der Waals surface area contributed by atoms with Crippen LogP contribution in [0.4, 0.5) is 10.5 Å². The van der Waals surface area contributed by atoms with Gasteiger partial charge in [0.25, 0.3) is 5.56 Å². The number of H-pyrrole nitrogens is 1. The number of aromatic nitrogens is 1. The lowest BCUT2D eigenvalue weighted by atomic mass is 9.94. The molecule has 0 spiro atoms. The summed E-state index contributed by atoms with van der Waals surface area (Å²) in [7, 11) is 0. The predicted octanol–water partition coefficient (Wildman–Crippen LogP) is 3.29. The van der Waals surface area contributed by atoms with Gasteiger partial charge in [0.05, 0.1) is 0 Å². The largest absolute Gasteiger partial charge is 0.327 e. The Kier molecular flexibility index (Phi) is 6.83. The van der Waals surface area contributed by atoms with Crippen LogP contribution in [0.1, 0.15) is 39.0 Å². The summed E-state index contributed by atoms with van der Waals surface area (Å²) in [6.07, 6.45) is 7.32. The molecular formula is C16H25N3O2S. The van der Waals surface area contributed by atoms with Crippen molar-refractivity contribution in [1.29, 1.82) is 0 Å². The van der Waals surface area contributed by atoms with Crippen LogP contribution in [0.2, 0.25) is 0 Å². The van der Waals surface area contributed by atoms with Gasteiger partial charge in [-0.15, -0.1) is 0 Å². The molecule has 0 radical (unpaired) electrons. The van der Waals surface area contributed by atoms with Crippen molar-refractivity contribution >= 4 is 23.5 Å². The molecule has 0 atom stereocenters. The zero-order valence-corrected chi connectivity index (χ0v) is 14.0. The molecule has 1 aliphatic rings. The smallest absolute Gasteiger partial charge is 0.322 e. The van der Waals surface area contributed by atoms with Crippen molar-refractivity contribution in [2.24, 2.45) is 0 Å². The van der Waals surface area contributed by atoms with Crippen molar-refractivity contribution in [3.05, 3.63) is 28.7 Å². The van der Waals surface area contributed by atoms with E-state index in [4.69, 9.17) is 0 Å². The van der Waals surface area contributed by atoms with E-state index < -0.39 is 0 Å². The lowest BCUT2D eigenvalue weighted by Crippen LogP contribution is -2.45. The number of nitrogens with zero attached hydrogens (tertiary/aromatic N) is 1. The average molecular weight is 323 g/mol. The van der Waals surface area contributed by atoms with Crippen molar-refractivity contribution in [2.75, 3.05) is 23.4 Å². The van der Waals surface area contributed by atoms with Gasteiger partial charge < -0.3 is 15.2 Å². The van der Waals surface area contributed by atoms with E-state index in [2.05, 4.69) is 17.2 Å². The number of carbonyl (C=O) groups is 1. The number of amides is 2. The van der Waals surface area contributed by atoms with Crippen molar-refractivity contribution in [1.82, 2.24) is 9.88 Å². The van der Waals surface area contributed by atoms with Crippen LogP contribution in [0.25, 0.3) is 0 Å². The first-order chi connectivity index (χ1) is 10.7. The number of anilines is 1. The Balaban J connectivity index is 2.04. The number of thioether (sulfide) groups is 1. The summed E-state index contributed by atoms with van der Waals surface area (Å²) >= 11 is 1.84. The normalized spacial score (nSPS) is 15.5. The number of aromatic amines is 1. The molecule has 0 aliphatic heterocycles. The van der Waals surface area contributed by atoms with Crippen LogP contribution in [0.3, 0.4) is 0 Å². The second kappa shape index (κ2) is 8.88. The van der Waals surface area contributed by atoms with E-state index in [0.717, 1.165) is 30.9 Å². The molecule has 2 N–H and O–H groups in total. The Morgan fingerprint density at radius 2 is 2.18 bits per heavy atom. The lowest BCUT2D eigenvalue weighted by molar-refractivity contribution is 0.172. The highest BCUT2D eigenvalue weighted by Gasteiger charge is 2.25. The number of nitrogens with one attached hydrogen (secondary N) is 2. The summed E-state index contributed by atoms with van der Waals surface area (Å²) in [5.74, 6) is 1.99. The molecule has 22 heavy (non-hydrogen) atoms. The molecule has 0 saturated heterocycles. The van der Waals surface area contributed by atoms with E-state index in [1.165, 1.54) is 19.3 Å². The molecule has 0 aromatic carbocycles. The molecule has 6 heteroatoms. The topological polar surface area (TPSA) is 65.2 Å². The molecule has 1 saturated carbocycles. The van der Waals surface area contributed by atoms with Crippen molar-refractivity contribution < 1.29 is 4.79 Å². The van der Waals surface area contributed by atoms with Crippen LogP contribution < -0.4 is 10.9 Å². The maximum absolute atomic E-state index is 12.6. The van der Waals surface area contributed by atoms with Gasteiger partial charge in [0, 0.05) is 24.5 Å². The number of rotatable bonds is 6. The van der Waals surface area contributed by atoms with Crippen LogP contribution in [0, 0.1) is 0 Å². The standard InChI is InChI=1S/C16H25N3O2S/c1-2-22-12-11-19(13-7-4-3-5-8-13)16(21)18-14-9-6-10-17-15(14)20/h6,9-10,13H,2-5,7-8,11-12H2,1H3,(H,17,20)(H,18,21). The van der Waals surface area contributed by atoms with Gasteiger partial charge in [-0.25, -0.2) is 4.79 Å². The van der Waals surface area contributed by atoms with Crippen molar-refractivity contribution in [2.45, 2.75) is 45.1 Å². The molecule has 0 bridgehead atoms. The Morgan fingerprint density at radius 3 is 2.86 bits per heavy atom. The Bertz CT molecular complexity index is 526. The van der Waals surface area contributed by atoms with Gasteiger partial charge >= 0.3 is 6.03 Å². The Hall–Kier alpha value is -1.43. The molecule has 2 amide bonds. The van der Waals surface area contributed by atoms with E-state index >= 15 is 0 Å². The molecule has 1 aromatic heterocycles. The first kappa shape index (κ1) is 16.9. The van der Waals surface area contributed by atoms with Crippen LogP contribution in [-0.2, 0) is 0 Å². The van der Waals surface area contributed by atoms with Gasteiger partial charge in [0.1, 0.15) is 5.69 Å². The van der Waals surface area contributed by atoms with E-state index in [0.29, 0.717) is 11.7 Å². The maximum atomic E-state index is 12.6. The third kappa shape index (κ3) is 4.80. The Morgan fingerprint density at radius 1 is 1.41 bits per heavy atom. The summed E-state index contributed by atoms with van der Waals surface area (Å²) in [4.78, 5) is 28.8. The number of pyridine rings is 1. The van der Waals surface area contributed by atoms with Crippen LogP contribution in [-0.4, -0.2) is 40.0 Å². The fraction of sp³-hybridized carbons (Fsp3) is 0.625. The monoisotopic (exact) mass is 323 g/mol. The molecule has 1 aromatic rings. The summed E-state index contributed by atoms with van der Waals surface area (Å²) in [6, 6.07) is 3.50. The van der Waals surface area contributed by atoms with Gasteiger partial charge in [-0.1, -0.05) is 26.2 Å². The quantitative estimate of drug-likeness (QED) is 0.790. The third-order valence-electron chi connectivity index (χ3n) is 4.02. The fourth-order valence-corrected chi connectivity index (χ4v) is 3.47. The van der Waals surface area contributed by atoms with E-state index in [9.17, 15) is 9.59 Å². The highest BCUT2D eigenvalue weighted by molar-refractivity contribution is 7.99. The third-order valence-corrected chi connectivity index (χ3v) is 4.90. The molecule has 2 rings (SSSR count). The first-order valence-electron chi connectivity index (χ1n) is 8.05. The number of hydrogen-bond acceptors (Lipinski definition) is 3.